The molecule has 0 N–H and O–H groups in total. The molecule has 1 nitrogen and oxygen atoms in total. The van der Waals surface area contributed by atoms with E-state index in [1.807, 2.05) is 0 Å². The summed E-state index contributed by atoms with van der Waals surface area (Å²) in [5, 5.41) is 0. The number of hydrogen-bond acceptors (Lipinski definition) is 1. The van der Waals surface area contributed by atoms with Crippen LogP contribution in [0, 0.1) is 23.7 Å². The summed E-state index contributed by atoms with van der Waals surface area (Å²) in [4.78, 5) is 0. The highest BCUT2D eigenvalue weighted by molar-refractivity contribution is 5.22. The predicted octanol–water partition coefficient (Wildman–Crippen LogP) is 10.1. The Balaban J connectivity index is 1.16. The normalized spacial score (nSPS) is 25.7. The smallest absolute Gasteiger partial charge is 0.0713 e. The van der Waals surface area contributed by atoms with Crippen LogP contribution >= 0.6 is 0 Å². The van der Waals surface area contributed by atoms with Gasteiger partial charge in [0.1, 0.15) is 0 Å². The lowest BCUT2D eigenvalue weighted by Crippen LogP contribution is -2.15. The van der Waals surface area contributed by atoms with Crippen molar-refractivity contribution < 1.29 is 4.74 Å². The average molecular weight is 467 g/mol. The van der Waals surface area contributed by atoms with Crippen LogP contribution in [0.1, 0.15) is 127 Å². The zero-order valence-corrected chi connectivity index (χ0v) is 22.6. The molecule has 1 aromatic carbocycles. The van der Waals surface area contributed by atoms with Gasteiger partial charge in [0.05, 0.1) is 6.61 Å². The van der Waals surface area contributed by atoms with Gasteiger partial charge in [0, 0.05) is 7.11 Å². The second-order valence-electron chi connectivity index (χ2n) is 11.7. The zero-order chi connectivity index (χ0) is 23.8. The second-order valence-corrected chi connectivity index (χ2v) is 11.7. The Bertz CT molecular complexity index is 644. The van der Waals surface area contributed by atoms with Crippen molar-refractivity contribution in [2.75, 3.05) is 7.11 Å². The maximum atomic E-state index is 5.21. The highest BCUT2D eigenvalue weighted by atomic mass is 16.5. The first kappa shape index (κ1) is 27.5. The van der Waals surface area contributed by atoms with Crippen LogP contribution in [0.25, 0.3) is 0 Å². The van der Waals surface area contributed by atoms with Gasteiger partial charge in [-0.2, -0.15) is 0 Å². The minimum atomic E-state index is 0.723. The second kappa shape index (κ2) is 16.6. The Morgan fingerprint density at radius 2 is 1.21 bits per heavy atom. The Morgan fingerprint density at radius 3 is 1.74 bits per heavy atom. The minimum absolute atomic E-state index is 0.723. The Kier molecular flexibility index (Phi) is 13.4. The van der Waals surface area contributed by atoms with Gasteiger partial charge in [0.15, 0.2) is 0 Å². The summed E-state index contributed by atoms with van der Waals surface area (Å²) in [5.41, 5.74) is 2.77. The summed E-state index contributed by atoms with van der Waals surface area (Å²) in [6.07, 6.45) is 30.9. The van der Waals surface area contributed by atoms with E-state index in [0.717, 1.165) is 30.3 Å². The molecule has 1 aromatic rings. The average Bonchev–Trinajstić information content (AvgIpc) is 2.87. The van der Waals surface area contributed by atoms with Crippen LogP contribution in [0.15, 0.2) is 36.4 Å². The lowest BCUT2D eigenvalue weighted by molar-refractivity contribution is 0.185. The van der Waals surface area contributed by atoms with Crippen molar-refractivity contribution in [3.63, 3.8) is 0 Å². The molecule has 0 atom stereocenters. The molecule has 0 amide bonds. The fourth-order valence-corrected chi connectivity index (χ4v) is 6.53. The lowest BCUT2D eigenvalue weighted by atomic mass is 9.77. The van der Waals surface area contributed by atoms with Crippen molar-refractivity contribution in [2.24, 2.45) is 23.7 Å². The van der Waals surface area contributed by atoms with Gasteiger partial charge in [-0.1, -0.05) is 114 Å². The van der Waals surface area contributed by atoms with Crippen LogP contribution in [0.4, 0.5) is 0 Å². The first-order valence-electron chi connectivity index (χ1n) is 15.0. The van der Waals surface area contributed by atoms with Crippen LogP contribution in [0.2, 0.25) is 0 Å². The van der Waals surface area contributed by atoms with Crippen molar-refractivity contribution >= 4 is 0 Å². The summed E-state index contributed by atoms with van der Waals surface area (Å²) >= 11 is 0. The summed E-state index contributed by atoms with van der Waals surface area (Å²) in [5.74, 6) is 3.99. The summed E-state index contributed by atoms with van der Waals surface area (Å²) in [6.45, 7) is 3.00. The fraction of sp³-hybridized carbons (Fsp3) is 0.758. The molecule has 0 bridgehead atoms. The maximum Gasteiger partial charge on any atom is 0.0713 e. The number of ether oxygens (including phenoxy) is 1. The van der Waals surface area contributed by atoms with E-state index in [1.54, 1.807) is 7.11 Å². The monoisotopic (exact) mass is 466 g/mol. The molecule has 0 spiro atoms. The third-order valence-corrected chi connectivity index (χ3v) is 8.86. The molecule has 0 unspecified atom stereocenters. The van der Waals surface area contributed by atoms with Gasteiger partial charge in [-0.3, -0.25) is 0 Å². The van der Waals surface area contributed by atoms with Crippen LogP contribution in [-0.4, -0.2) is 7.11 Å². The van der Waals surface area contributed by atoms with Crippen molar-refractivity contribution in [1.82, 2.24) is 0 Å². The first-order chi connectivity index (χ1) is 16.8. The fourth-order valence-electron chi connectivity index (χ4n) is 6.53. The van der Waals surface area contributed by atoms with Gasteiger partial charge in [-0.25, -0.2) is 0 Å². The van der Waals surface area contributed by atoms with E-state index in [1.165, 1.54) is 127 Å². The minimum Gasteiger partial charge on any atom is -0.380 e. The van der Waals surface area contributed by atoms with Crippen molar-refractivity contribution in [3.05, 3.63) is 47.5 Å². The van der Waals surface area contributed by atoms with Gasteiger partial charge in [-0.15, -0.1) is 0 Å². The van der Waals surface area contributed by atoms with Crippen LogP contribution in [0.5, 0.6) is 0 Å². The SMILES string of the molecule is CCCC=CC1CCC(CCCCC2CCC(CCCCc3ccc(COC)cc3)CC2)CC1. The number of aryl methyl sites for hydroxylation is 1. The highest BCUT2D eigenvalue weighted by Crippen LogP contribution is 2.36. The maximum absolute atomic E-state index is 5.21. The van der Waals surface area contributed by atoms with Gasteiger partial charge in [0.25, 0.3) is 0 Å². The van der Waals surface area contributed by atoms with Gasteiger partial charge in [-0.05, 0) is 79.7 Å². The van der Waals surface area contributed by atoms with E-state index in [0.29, 0.717) is 0 Å². The topological polar surface area (TPSA) is 9.23 Å². The molecular formula is C33H54O. The van der Waals surface area contributed by atoms with E-state index in [4.69, 9.17) is 4.74 Å². The summed E-state index contributed by atoms with van der Waals surface area (Å²) in [7, 11) is 1.77. The van der Waals surface area contributed by atoms with Gasteiger partial charge in [0.2, 0.25) is 0 Å². The molecule has 0 aliphatic heterocycles. The van der Waals surface area contributed by atoms with E-state index < -0.39 is 0 Å². The molecule has 0 radical (unpaired) electrons. The molecule has 2 aliphatic rings. The first-order valence-corrected chi connectivity index (χ1v) is 15.0. The number of unbranched alkanes of at least 4 members (excludes halogenated alkanes) is 3. The zero-order valence-electron chi connectivity index (χ0n) is 22.6. The van der Waals surface area contributed by atoms with Crippen LogP contribution in [-0.2, 0) is 17.8 Å². The molecule has 0 saturated heterocycles. The van der Waals surface area contributed by atoms with Crippen LogP contribution in [0.3, 0.4) is 0 Å². The largest absolute Gasteiger partial charge is 0.380 e. The number of benzene rings is 1. The molecular weight excluding hydrogens is 412 g/mol. The molecule has 34 heavy (non-hydrogen) atoms. The van der Waals surface area contributed by atoms with Gasteiger partial charge < -0.3 is 4.74 Å². The Morgan fingerprint density at radius 1 is 0.706 bits per heavy atom. The molecule has 0 heterocycles. The van der Waals surface area contributed by atoms with E-state index >= 15 is 0 Å². The van der Waals surface area contributed by atoms with Crippen molar-refractivity contribution in [2.45, 2.75) is 129 Å². The number of allylic oxidation sites excluding steroid dienone is 2. The third kappa shape index (κ3) is 10.7. The molecule has 2 fully saturated rings. The number of hydrogen-bond donors (Lipinski definition) is 0. The summed E-state index contributed by atoms with van der Waals surface area (Å²) in [6, 6.07) is 9.02. The van der Waals surface area contributed by atoms with E-state index in [2.05, 4.69) is 43.3 Å². The van der Waals surface area contributed by atoms with Crippen molar-refractivity contribution in [1.29, 1.82) is 0 Å². The standard InChI is InChI=1S/C33H54O/c1-3-4-5-10-28-15-17-29(18-16-28)11-6-7-12-30-19-21-31(22-20-30)13-8-9-14-32-23-25-33(26-24-32)27-34-2/h5,10,23-26,28-31H,3-4,6-9,11-22,27H2,1-2H3. The van der Waals surface area contributed by atoms with Crippen molar-refractivity contribution in [3.8, 4) is 0 Å². The Labute approximate surface area is 212 Å². The number of methoxy groups -OCH3 is 1. The third-order valence-electron chi connectivity index (χ3n) is 8.86. The lowest BCUT2D eigenvalue weighted by Gasteiger charge is -2.29. The Hall–Kier alpha value is -1.08. The molecule has 2 saturated carbocycles. The highest BCUT2D eigenvalue weighted by Gasteiger charge is 2.22. The van der Waals surface area contributed by atoms with Crippen LogP contribution < -0.4 is 0 Å². The van der Waals surface area contributed by atoms with Gasteiger partial charge >= 0.3 is 0 Å². The predicted molar refractivity (Wildman–Crippen MR) is 148 cm³/mol. The number of rotatable bonds is 15. The molecule has 0 aromatic heterocycles. The quantitative estimate of drug-likeness (QED) is 0.184. The molecule has 1 heteroatoms. The molecule has 3 rings (SSSR count). The molecule has 192 valence electrons. The summed E-state index contributed by atoms with van der Waals surface area (Å²) < 4.78 is 5.21. The van der Waals surface area contributed by atoms with E-state index in [9.17, 15) is 0 Å². The molecule has 2 aliphatic carbocycles. The van der Waals surface area contributed by atoms with E-state index in [-0.39, 0.29) is 0 Å².